The monoisotopic (exact) mass is 305 g/mol. The molecule has 2 rings (SSSR count). The van der Waals surface area contributed by atoms with Gasteiger partial charge in [-0.1, -0.05) is 6.07 Å². The van der Waals surface area contributed by atoms with E-state index in [9.17, 15) is 22.4 Å². The zero-order valence-electron chi connectivity index (χ0n) is 11.3. The Morgan fingerprint density at radius 1 is 1.43 bits per heavy atom. The number of urea groups is 1. The number of primary amides is 1. The highest BCUT2D eigenvalue weighted by atomic mass is 19.4. The molecule has 1 aromatic rings. The standard InChI is InChI=1S/C13H15F4N3O/c1-12(7-19-4-5-20(12)11(18)21)8-2-3-10(14)9(6-8)13(15,16)17/h2-3,6,19H,4-5,7H2,1H3,(H2,18,21). The lowest BCUT2D eigenvalue weighted by Crippen LogP contribution is -2.60. The van der Waals surface area contributed by atoms with Gasteiger partial charge in [-0.05, 0) is 24.6 Å². The van der Waals surface area contributed by atoms with Crippen molar-refractivity contribution in [2.24, 2.45) is 5.73 Å². The van der Waals surface area contributed by atoms with Crippen molar-refractivity contribution in [2.45, 2.75) is 18.6 Å². The van der Waals surface area contributed by atoms with E-state index in [0.717, 1.165) is 12.1 Å². The molecule has 0 aliphatic carbocycles. The number of amides is 2. The van der Waals surface area contributed by atoms with Gasteiger partial charge in [0, 0.05) is 19.6 Å². The number of nitrogens with zero attached hydrogens (tertiary/aromatic N) is 1. The fraction of sp³-hybridized carbons (Fsp3) is 0.462. The molecule has 0 spiro atoms. The van der Waals surface area contributed by atoms with E-state index in [1.807, 2.05) is 0 Å². The number of rotatable bonds is 1. The normalized spacial score (nSPS) is 23.2. The van der Waals surface area contributed by atoms with Crippen molar-refractivity contribution in [3.63, 3.8) is 0 Å². The third kappa shape index (κ3) is 2.80. The summed E-state index contributed by atoms with van der Waals surface area (Å²) in [5.41, 5.74) is 3.07. The number of carbonyl (C=O) groups excluding carboxylic acids is 1. The maximum Gasteiger partial charge on any atom is 0.419 e. The third-order valence-corrected chi connectivity index (χ3v) is 3.74. The van der Waals surface area contributed by atoms with E-state index in [2.05, 4.69) is 5.32 Å². The number of hydrogen-bond acceptors (Lipinski definition) is 2. The Labute approximate surface area is 118 Å². The molecule has 1 atom stereocenters. The number of hydrogen-bond donors (Lipinski definition) is 2. The molecule has 0 bridgehead atoms. The van der Waals surface area contributed by atoms with Gasteiger partial charge in [0.2, 0.25) is 0 Å². The van der Waals surface area contributed by atoms with Crippen molar-refractivity contribution in [1.29, 1.82) is 0 Å². The Kier molecular flexibility index (Phi) is 3.83. The molecule has 1 aromatic carbocycles. The van der Waals surface area contributed by atoms with Gasteiger partial charge in [-0.15, -0.1) is 0 Å². The summed E-state index contributed by atoms with van der Waals surface area (Å²) in [6.45, 7) is 2.59. The molecular weight excluding hydrogens is 290 g/mol. The maximum absolute atomic E-state index is 13.4. The summed E-state index contributed by atoms with van der Waals surface area (Å²) >= 11 is 0. The Morgan fingerprint density at radius 2 is 2.10 bits per heavy atom. The SMILES string of the molecule is CC1(c2ccc(F)c(C(F)(F)F)c2)CNCCN1C(N)=O. The van der Waals surface area contributed by atoms with Crippen LogP contribution in [-0.4, -0.2) is 30.6 Å². The molecule has 1 saturated heterocycles. The number of nitrogens with two attached hydrogens (primary N) is 1. The summed E-state index contributed by atoms with van der Waals surface area (Å²) < 4.78 is 51.8. The van der Waals surface area contributed by atoms with Crippen LogP contribution in [0.2, 0.25) is 0 Å². The van der Waals surface area contributed by atoms with Gasteiger partial charge < -0.3 is 16.0 Å². The number of carbonyl (C=O) groups is 1. The van der Waals surface area contributed by atoms with Crippen LogP contribution in [0.15, 0.2) is 18.2 Å². The van der Waals surface area contributed by atoms with Crippen molar-refractivity contribution in [3.05, 3.63) is 35.1 Å². The zero-order valence-corrected chi connectivity index (χ0v) is 11.3. The van der Waals surface area contributed by atoms with Crippen LogP contribution in [0.25, 0.3) is 0 Å². The number of piperazine rings is 1. The van der Waals surface area contributed by atoms with Crippen LogP contribution in [-0.2, 0) is 11.7 Å². The van der Waals surface area contributed by atoms with Crippen molar-refractivity contribution in [1.82, 2.24) is 10.2 Å². The van der Waals surface area contributed by atoms with E-state index < -0.39 is 29.1 Å². The predicted octanol–water partition coefficient (Wildman–Crippen LogP) is 2.04. The molecule has 0 aromatic heterocycles. The van der Waals surface area contributed by atoms with Crippen molar-refractivity contribution in [3.8, 4) is 0 Å². The summed E-state index contributed by atoms with van der Waals surface area (Å²) in [5, 5.41) is 3.01. The first kappa shape index (κ1) is 15.6. The Bertz CT molecular complexity index is 561. The average molecular weight is 305 g/mol. The average Bonchev–Trinajstić information content (AvgIpc) is 2.37. The summed E-state index contributed by atoms with van der Waals surface area (Å²) in [7, 11) is 0. The highest BCUT2D eigenvalue weighted by molar-refractivity contribution is 5.73. The number of benzene rings is 1. The minimum absolute atomic E-state index is 0.183. The second-order valence-corrected chi connectivity index (χ2v) is 5.13. The van der Waals surface area contributed by atoms with Crippen LogP contribution >= 0.6 is 0 Å². The minimum Gasteiger partial charge on any atom is -0.351 e. The van der Waals surface area contributed by atoms with E-state index in [0.29, 0.717) is 6.54 Å². The Balaban J connectivity index is 2.51. The lowest BCUT2D eigenvalue weighted by Gasteiger charge is -2.44. The van der Waals surface area contributed by atoms with Crippen LogP contribution < -0.4 is 11.1 Å². The van der Waals surface area contributed by atoms with Crippen LogP contribution in [0.4, 0.5) is 22.4 Å². The molecule has 116 valence electrons. The topological polar surface area (TPSA) is 58.4 Å². The van der Waals surface area contributed by atoms with Gasteiger partial charge in [0.15, 0.2) is 0 Å². The molecule has 21 heavy (non-hydrogen) atoms. The lowest BCUT2D eigenvalue weighted by molar-refractivity contribution is -0.140. The lowest BCUT2D eigenvalue weighted by atomic mass is 9.87. The predicted molar refractivity (Wildman–Crippen MR) is 67.9 cm³/mol. The fourth-order valence-corrected chi connectivity index (χ4v) is 2.55. The van der Waals surface area contributed by atoms with Gasteiger partial charge in [0.1, 0.15) is 5.82 Å². The first-order valence-electron chi connectivity index (χ1n) is 6.31. The van der Waals surface area contributed by atoms with Crippen LogP contribution in [0.5, 0.6) is 0 Å². The minimum atomic E-state index is -4.80. The molecular formula is C13H15F4N3O. The summed E-state index contributed by atoms with van der Waals surface area (Å²) in [4.78, 5) is 12.8. The van der Waals surface area contributed by atoms with Gasteiger partial charge >= 0.3 is 12.2 Å². The largest absolute Gasteiger partial charge is 0.419 e. The first-order valence-corrected chi connectivity index (χ1v) is 6.31. The molecule has 0 saturated carbocycles. The van der Waals surface area contributed by atoms with E-state index in [4.69, 9.17) is 5.73 Å². The number of alkyl halides is 3. The van der Waals surface area contributed by atoms with Crippen molar-refractivity contribution >= 4 is 6.03 Å². The van der Waals surface area contributed by atoms with Gasteiger partial charge in [0.05, 0.1) is 11.1 Å². The second kappa shape index (κ2) is 5.18. The third-order valence-electron chi connectivity index (χ3n) is 3.74. The number of halogens is 4. The first-order chi connectivity index (χ1) is 9.66. The van der Waals surface area contributed by atoms with Gasteiger partial charge in [0.25, 0.3) is 0 Å². The Hall–Kier alpha value is -1.83. The van der Waals surface area contributed by atoms with Crippen molar-refractivity contribution < 1.29 is 22.4 Å². The molecule has 1 heterocycles. The van der Waals surface area contributed by atoms with E-state index in [-0.39, 0.29) is 18.7 Å². The number of nitrogens with one attached hydrogen (secondary N) is 1. The smallest absolute Gasteiger partial charge is 0.351 e. The fourth-order valence-electron chi connectivity index (χ4n) is 2.55. The zero-order chi connectivity index (χ0) is 15.8. The molecule has 3 N–H and O–H groups in total. The molecule has 1 aliphatic heterocycles. The van der Waals surface area contributed by atoms with E-state index in [1.54, 1.807) is 6.92 Å². The summed E-state index contributed by atoms with van der Waals surface area (Å²) in [6.07, 6.45) is -4.80. The van der Waals surface area contributed by atoms with E-state index in [1.165, 1.54) is 11.0 Å². The summed E-state index contributed by atoms with van der Waals surface area (Å²) in [6, 6.07) is 2.01. The quantitative estimate of drug-likeness (QED) is 0.780. The van der Waals surface area contributed by atoms with Gasteiger partial charge in [-0.3, -0.25) is 0 Å². The van der Waals surface area contributed by atoms with Crippen LogP contribution in [0, 0.1) is 5.82 Å². The molecule has 8 heteroatoms. The highest BCUT2D eigenvalue weighted by Gasteiger charge is 2.41. The van der Waals surface area contributed by atoms with Crippen LogP contribution in [0.1, 0.15) is 18.1 Å². The molecule has 2 amide bonds. The maximum atomic E-state index is 13.4. The highest BCUT2D eigenvalue weighted by Crippen LogP contribution is 2.36. The van der Waals surface area contributed by atoms with Gasteiger partial charge in [-0.2, -0.15) is 13.2 Å². The molecule has 1 fully saturated rings. The molecule has 4 nitrogen and oxygen atoms in total. The molecule has 1 aliphatic rings. The summed E-state index contributed by atoms with van der Waals surface area (Å²) in [5.74, 6) is -1.34. The Morgan fingerprint density at radius 3 is 2.67 bits per heavy atom. The molecule has 1 unspecified atom stereocenters. The second-order valence-electron chi connectivity index (χ2n) is 5.13. The van der Waals surface area contributed by atoms with Crippen LogP contribution in [0.3, 0.4) is 0 Å². The molecule has 0 radical (unpaired) electrons. The van der Waals surface area contributed by atoms with Gasteiger partial charge in [-0.25, -0.2) is 9.18 Å². The van der Waals surface area contributed by atoms with Crippen molar-refractivity contribution in [2.75, 3.05) is 19.6 Å². The van der Waals surface area contributed by atoms with E-state index >= 15 is 0 Å².